The fourth-order valence-electron chi connectivity index (χ4n) is 1.85. The minimum absolute atomic E-state index is 0.929. The van der Waals surface area contributed by atoms with Gasteiger partial charge < -0.3 is 15.5 Å². The molecule has 0 aromatic heterocycles. The Morgan fingerprint density at radius 1 is 0.944 bits per heavy atom. The fourth-order valence-corrected chi connectivity index (χ4v) is 1.85. The SMILES string of the molecule is CCCCCCNC(=NC)NCCN(CC)CC. The zero-order valence-electron chi connectivity index (χ0n) is 12.8. The van der Waals surface area contributed by atoms with Gasteiger partial charge in [-0.25, -0.2) is 0 Å². The third-order valence-electron chi connectivity index (χ3n) is 3.16. The summed E-state index contributed by atoms with van der Waals surface area (Å²) in [5.41, 5.74) is 0. The minimum atomic E-state index is 0.929. The van der Waals surface area contributed by atoms with Crippen LogP contribution in [0.15, 0.2) is 4.99 Å². The molecule has 0 aliphatic heterocycles. The van der Waals surface area contributed by atoms with Gasteiger partial charge in [-0.05, 0) is 19.5 Å². The number of rotatable bonds is 10. The zero-order chi connectivity index (χ0) is 13.6. The lowest BCUT2D eigenvalue weighted by Gasteiger charge is -2.19. The highest BCUT2D eigenvalue weighted by Crippen LogP contribution is 1.96. The molecule has 0 amide bonds. The van der Waals surface area contributed by atoms with Gasteiger partial charge in [-0.1, -0.05) is 40.0 Å². The lowest BCUT2D eigenvalue weighted by Crippen LogP contribution is -2.41. The van der Waals surface area contributed by atoms with E-state index in [1.54, 1.807) is 0 Å². The Balaban J connectivity index is 3.59. The number of nitrogens with one attached hydrogen (secondary N) is 2. The molecule has 2 N–H and O–H groups in total. The Labute approximate surface area is 113 Å². The summed E-state index contributed by atoms with van der Waals surface area (Å²) in [5.74, 6) is 0.929. The quantitative estimate of drug-likeness (QED) is 0.357. The van der Waals surface area contributed by atoms with Crippen molar-refractivity contribution in [3.8, 4) is 0 Å². The van der Waals surface area contributed by atoms with Crippen LogP contribution in [0.4, 0.5) is 0 Å². The maximum atomic E-state index is 4.23. The van der Waals surface area contributed by atoms with E-state index in [1.807, 2.05) is 7.05 Å². The van der Waals surface area contributed by atoms with Crippen LogP contribution in [0.25, 0.3) is 0 Å². The van der Waals surface area contributed by atoms with Gasteiger partial charge in [-0.15, -0.1) is 0 Å². The van der Waals surface area contributed by atoms with E-state index in [9.17, 15) is 0 Å². The van der Waals surface area contributed by atoms with Crippen molar-refractivity contribution in [1.29, 1.82) is 0 Å². The molecule has 18 heavy (non-hydrogen) atoms. The van der Waals surface area contributed by atoms with E-state index in [1.165, 1.54) is 25.7 Å². The van der Waals surface area contributed by atoms with Gasteiger partial charge >= 0.3 is 0 Å². The lowest BCUT2D eigenvalue weighted by atomic mass is 10.2. The van der Waals surface area contributed by atoms with Crippen LogP contribution in [0.5, 0.6) is 0 Å². The number of aliphatic imine (C=N–C) groups is 1. The second-order valence-electron chi connectivity index (χ2n) is 4.51. The largest absolute Gasteiger partial charge is 0.356 e. The Kier molecular flexibility index (Phi) is 12.1. The molecule has 0 aromatic carbocycles. The maximum absolute atomic E-state index is 4.23. The first-order valence-electron chi connectivity index (χ1n) is 7.45. The van der Waals surface area contributed by atoms with Crippen molar-refractivity contribution >= 4 is 5.96 Å². The molecule has 0 radical (unpaired) electrons. The number of hydrogen-bond donors (Lipinski definition) is 2. The summed E-state index contributed by atoms with van der Waals surface area (Å²) in [7, 11) is 1.83. The average molecular weight is 256 g/mol. The number of likely N-dealkylation sites (N-methyl/N-ethyl adjacent to an activating group) is 1. The molecule has 0 aliphatic rings. The first kappa shape index (κ1) is 17.2. The topological polar surface area (TPSA) is 39.7 Å². The summed E-state index contributed by atoms with van der Waals surface area (Å²) in [5, 5.41) is 6.72. The van der Waals surface area contributed by atoms with E-state index in [-0.39, 0.29) is 0 Å². The van der Waals surface area contributed by atoms with Crippen LogP contribution < -0.4 is 10.6 Å². The molecule has 0 heterocycles. The monoisotopic (exact) mass is 256 g/mol. The van der Waals surface area contributed by atoms with E-state index in [0.717, 1.165) is 38.7 Å². The van der Waals surface area contributed by atoms with Crippen LogP contribution in [-0.2, 0) is 0 Å². The first-order chi connectivity index (χ1) is 8.78. The van der Waals surface area contributed by atoms with E-state index >= 15 is 0 Å². The van der Waals surface area contributed by atoms with Gasteiger partial charge in [0.2, 0.25) is 0 Å². The molecule has 4 heteroatoms. The second kappa shape index (κ2) is 12.7. The van der Waals surface area contributed by atoms with Gasteiger partial charge in [0.1, 0.15) is 0 Å². The Hall–Kier alpha value is -0.770. The van der Waals surface area contributed by atoms with Gasteiger partial charge in [0, 0.05) is 26.7 Å². The minimum Gasteiger partial charge on any atom is -0.356 e. The maximum Gasteiger partial charge on any atom is 0.191 e. The number of hydrogen-bond acceptors (Lipinski definition) is 2. The first-order valence-corrected chi connectivity index (χ1v) is 7.45. The smallest absolute Gasteiger partial charge is 0.191 e. The van der Waals surface area contributed by atoms with Gasteiger partial charge in [0.05, 0.1) is 0 Å². The Morgan fingerprint density at radius 2 is 1.61 bits per heavy atom. The second-order valence-corrected chi connectivity index (χ2v) is 4.51. The highest BCUT2D eigenvalue weighted by molar-refractivity contribution is 5.79. The highest BCUT2D eigenvalue weighted by Gasteiger charge is 2.00. The molecule has 0 saturated heterocycles. The fraction of sp³-hybridized carbons (Fsp3) is 0.929. The van der Waals surface area contributed by atoms with E-state index in [0.29, 0.717) is 0 Å². The molecule has 0 rings (SSSR count). The molecule has 108 valence electrons. The van der Waals surface area contributed by atoms with Crippen LogP contribution in [-0.4, -0.2) is 50.6 Å². The van der Waals surface area contributed by atoms with Gasteiger partial charge in [0.25, 0.3) is 0 Å². The molecule has 4 nitrogen and oxygen atoms in total. The summed E-state index contributed by atoms with van der Waals surface area (Å²) in [6, 6.07) is 0. The van der Waals surface area contributed by atoms with Crippen LogP contribution in [0, 0.1) is 0 Å². The molecule has 0 bridgehead atoms. The highest BCUT2D eigenvalue weighted by atomic mass is 15.2. The van der Waals surface area contributed by atoms with Crippen LogP contribution in [0.3, 0.4) is 0 Å². The summed E-state index contributed by atoms with van der Waals surface area (Å²) in [4.78, 5) is 6.63. The third-order valence-corrected chi connectivity index (χ3v) is 3.16. The molecule has 0 spiro atoms. The molecule has 0 fully saturated rings. The van der Waals surface area contributed by atoms with Crippen molar-refractivity contribution in [3.05, 3.63) is 0 Å². The third kappa shape index (κ3) is 9.28. The van der Waals surface area contributed by atoms with E-state index < -0.39 is 0 Å². The van der Waals surface area contributed by atoms with Crippen molar-refractivity contribution in [2.24, 2.45) is 4.99 Å². The average Bonchev–Trinajstić information content (AvgIpc) is 2.41. The number of nitrogens with zero attached hydrogens (tertiary/aromatic N) is 2. The Morgan fingerprint density at radius 3 is 2.17 bits per heavy atom. The van der Waals surface area contributed by atoms with Crippen molar-refractivity contribution < 1.29 is 0 Å². The van der Waals surface area contributed by atoms with Crippen LogP contribution in [0.2, 0.25) is 0 Å². The van der Waals surface area contributed by atoms with E-state index in [2.05, 4.69) is 41.3 Å². The predicted octanol–water partition coefficient (Wildman–Crippen LogP) is 2.07. The standard InChI is InChI=1S/C14H32N4/c1-5-8-9-10-11-16-14(15-4)17-12-13-18(6-2)7-3/h5-13H2,1-4H3,(H2,15,16,17). The lowest BCUT2D eigenvalue weighted by molar-refractivity contribution is 0.308. The van der Waals surface area contributed by atoms with Gasteiger partial charge in [0.15, 0.2) is 5.96 Å². The Bertz CT molecular complexity index is 200. The normalized spacial score (nSPS) is 11.9. The molecule has 0 aromatic rings. The molecule has 0 aliphatic carbocycles. The summed E-state index contributed by atoms with van der Waals surface area (Å²) in [6.07, 6.45) is 5.15. The predicted molar refractivity (Wildman–Crippen MR) is 81.3 cm³/mol. The molecular formula is C14H32N4. The number of guanidine groups is 1. The summed E-state index contributed by atoms with van der Waals surface area (Å²) < 4.78 is 0. The van der Waals surface area contributed by atoms with Gasteiger partial charge in [-0.2, -0.15) is 0 Å². The van der Waals surface area contributed by atoms with Crippen molar-refractivity contribution in [1.82, 2.24) is 15.5 Å². The van der Waals surface area contributed by atoms with Crippen molar-refractivity contribution in [2.45, 2.75) is 46.5 Å². The van der Waals surface area contributed by atoms with Crippen molar-refractivity contribution in [3.63, 3.8) is 0 Å². The summed E-state index contributed by atoms with van der Waals surface area (Å²) in [6.45, 7) is 11.9. The van der Waals surface area contributed by atoms with Crippen LogP contribution in [0.1, 0.15) is 46.5 Å². The number of unbranched alkanes of at least 4 members (excludes halogenated alkanes) is 3. The zero-order valence-corrected chi connectivity index (χ0v) is 12.8. The molecule has 0 unspecified atom stereocenters. The molecular weight excluding hydrogens is 224 g/mol. The molecule has 0 saturated carbocycles. The van der Waals surface area contributed by atoms with Crippen molar-refractivity contribution in [2.75, 3.05) is 39.8 Å². The van der Waals surface area contributed by atoms with Crippen LogP contribution >= 0.6 is 0 Å². The van der Waals surface area contributed by atoms with Gasteiger partial charge in [-0.3, -0.25) is 4.99 Å². The molecule has 0 atom stereocenters. The summed E-state index contributed by atoms with van der Waals surface area (Å²) >= 11 is 0. The van der Waals surface area contributed by atoms with E-state index in [4.69, 9.17) is 0 Å².